The second kappa shape index (κ2) is 8.63. The molecule has 144 valence electrons. The summed E-state index contributed by atoms with van der Waals surface area (Å²) in [5, 5.41) is 6.43. The maximum atomic E-state index is 12.4. The highest BCUT2D eigenvalue weighted by molar-refractivity contribution is 6.32. The van der Waals surface area contributed by atoms with Crippen LogP contribution in [0.1, 0.15) is 10.4 Å². The van der Waals surface area contributed by atoms with Crippen molar-refractivity contribution in [1.29, 1.82) is 0 Å². The Morgan fingerprint density at radius 1 is 1.04 bits per heavy atom. The van der Waals surface area contributed by atoms with Gasteiger partial charge in [-0.1, -0.05) is 11.6 Å². The lowest BCUT2D eigenvalue weighted by atomic mass is 10.2. The van der Waals surface area contributed by atoms with E-state index in [2.05, 4.69) is 15.6 Å². The van der Waals surface area contributed by atoms with Crippen LogP contribution in [-0.4, -0.2) is 32.1 Å². The summed E-state index contributed by atoms with van der Waals surface area (Å²) in [7, 11) is 5.53. The fourth-order valence-electron chi connectivity index (χ4n) is 2.54. The van der Waals surface area contributed by atoms with Crippen molar-refractivity contribution in [1.82, 2.24) is 4.98 Å². The van der Waals surface area contributed by atoms with Gasteiger partial charge in [-0.05, 0) is 54.6 Å². The molecule has 3 aromatic rings. The average molecular weight is 397 g/mol. The van der Waals surface area contributed by atoms with E-state index in [1.165, 1.54) is 13.3 Å². The minimum Gasteiger partial charge on any atom is -0.495 e. The number of nitrogens with one attached hydrogen (secondary N) is 2. The maximum absolute atomic E-state index is 12.4. The van der Waals surface area contributed by atoms with E-state index in [0.29, 0.717) is 27.8 Å². The van der Waals surface area contributed by atoms with Gasteiger partial charge in [0.05, 0.1) is 17.7 Å². The first-order valence-electron chi connectivity index (χ1n) is 8.61. The molecule has 1 aromatic heterocycles. The molecule has 3 rings (SSSR count). The summed E-state index contributed by atoms with van der Waals surface area (Å²) in [6, 6.07) is 16.5. The molecule has 0 unspecified atom stereocenters. The first kappa shape index (κ1) is 19.5. The first-order chi connectivity index (χ1) is 13.5. The molecule has 0 aliphatic heterocycles. The Bertz CT molecular complexity index is 957. The van der Waals surface area contributed by atoms with Crippen LogP contribution in [0.5, 0.6) is 5.75 Å². The third-order valence-corrected chi connectivity index (χ3v) is 4.39. The van der Waals surface area contributed by atoms with Crippen molar-refractivity contribution in [3.05, 3.63) is 71.4 Å². The van der Waals surface area contributed by atoms with E-state index in [9.17, 15) is 4.79 Å². The van der Waals surface area contributed by atoms with Crippen LogP contribution >= 0.6 is 11.6 Å². The van der Waals surface area contributed by atoms with Crippen LogP contribution in [0.4, 0.5) is 22.9 Å². The zero-order chi connectivity index (χ0) is 20.1. The quantitative estimate of drug-likeness (QED) is 0.626. The highest BCUT2D eigenvalue weighted by Crippen LogP contribution is 2.27. The lowest BCUT2D eigenvalue weighted by molar-refractivity contribution is 0.102. The molecule has 7 heteroatoms. The van der Waals surface area contributed by atoms with Crippen LogP contribution in [0.25, 0.3) is 0 Å². The number of amides is 1. The molecule has 1 amide bonds. The van der Waals surface area contributed by atoms with Crippen LogP contribution in [0.3, 0.4) is 0 Å². The summed E-state index contributed by atoms with van der Waals surface area (Å²) in [6.07, 6.45) is 1.52. The molecule has 0 radical (unpaired) electrons. The van der Waals surface area contributed by atoms with Gasteiger partial charge in [0, 0.05) is 37.4 Å². The molecule has 2 aromatic carbocycles. The molecule has 0 aliphatic carbocycles. The summed E-state index contributed by atoms with van der Waals surface area (Å²) in [5.41, 5.74) is 3.06. The number of ether oxygens (including phenoxy) is 1. The van der Waals surface area contributed by atoms with Crippen molar-refractivity contribution in [2.24, 2.45) is 0 Å². The van der Waals surface area contributed by atoms with Crippen molar-refractivity contribution in [2.45, 2.75) is 0 Å². The van der Waals surface area contributed by atoms with Gasteiger partial charge in [0.25, 0.3) is 5.91 Å². The fourth-order valence-corrected chi connectivity index (χ4v) is 2.80. The van der Waals surface area contributed by atoms with Crippen LogP contribution < -0.4 is 20.3 Å². The number of aromatic nitrogens is 1. The van der Waals surface area contributed by atoms with Crippen molar-refractivity contribution in [2.75, 3.05) is 36.7 Å². The third-order valence-electron chi connectivity index (χ3n) is 4.09. The molecule has 1 heterocycles. The van der Waals surface area contributed by atoms with E-state index in [-0.39, 0.29) is 5.91 Å². The van der Waals surface area contributed by atoms with Gasteiger partial charge in [-0.3, -0.25) is 4.79 Å². The standard InChI is InChI=1S/C21H21ClN4O2/c1-26(2)17-8-5-15(6-9-17)24-20-11-4-14(13-23-20)21(27)25-16-7-10-19(28-3)18(22)12-16/h4-13H,1-3H3,(H,23,24)(H,25,27). The van der Waals surface area contributed by atoms with E-state index >= 15 is 0 Å². The van der Waals surface area contributed by atoms with E-state index in [1.807, 2.05) is 43.3 Å². The molecule has 0 bridgehead atoms. The summed E-state index contributed by atoms with van der Waals surface area (Å²) >= 11 is 6.08. The van der Waals surface area contributed by atoms with Gasteiger partial charge in [0.2, 0.25) is 0 Å². The number of halogens is 1. The Labute approximate surface area is 169 Å². The molecule has 0 spiro atoms. The summed E-state index contributed by atoms with van der Waals surface area (Å²) in [4.78, 5) is 18.7. The minimum absolute atomic E-state index is 0.268. The molecular weight excluding hydrogens is 376 g/mol. The Balaban J connectivity index is 1.64. The molecule has 0 saturated carbocycles. The van der Waals surface area contributed by atoms with Crippen LogP contribution in [0, 0.1) is 0 Å². The van der Waals surface area contributed by atoms with Crippen LogP contribution in [-0.2, 0) is 0 Å². The number of hydrogen-bond acceptors (Lipinski definition) is 5. The van der Waals surface area contributed by atoms with E-state index in [1.54, 1.807) is 30.3 Å². The average Bonchev–Trinajstić information content (AvgIpc) is 2.69. The summed E-state index contributed by atoms with van der Waals surface area (Å²) in [5.74, 6) is 0.938. The second-order valence-electron chi connectivity index (χ2n) is 6.30. The fraction of sp³-hybridized carbons (Fsp3) is 0.143. The Hall–Kier alpha value is -3.25. The number of anilines is 4. The molecule has 6 nitrogen and oxygen atoms in total. The number of benzene rings is 2. The largest absolute Gasteiger partial charge is 0.495 e. The highest BCUT2D eigenvalue weighted by atomic mass is 35.5. The highest BCUT2D eigenvalue weighted by Gasteiger charge is 2.09. The lowest BCUT2D eigenvalue weighted by Crippen LogP contribution is -2.12. The first-order valence-corrected chi connectivity index (χ1v) is 8.99. The summed E-state index contributed by atoms with van der Waals surface area (Å²) < 4.78 is 5.11. The predicted octanol–water partition coefficient (Wildman–Crippen LogP) is 4.81. The van der Waals surface area contributed by atoms with Gasteiger partial charge in [-0.15, -0.1) is 0 Å². The number of nitrogens with zero attached hydrogens (tertiary/aromatic N) is 2. The smallest absolute Gasteiger partial charge is 0.257 e. The molecular formula is C21H21ClN4O2. The number of carbonyl (C=O) groups is 1. The van der Waals surface area contributed by atoms with Gasteiger partial charge >= 0.3 is 0 Å². The van der Waals surface area contributed by atoms with Gasteiger partial charge in [0.15, 0.2) is 0 Å². The SMILES string of the molecule is COc1ccc(NC(=O)c2ccc(Nc3ccc(N(C)C)cc3)nc2)cc1Cl. The van der Waals surface area contributed by atoms with Crippen molar-refractivity contribution >= 4 is 40.4 Å². The van der Waals surface area contributed by atoms with Gasteiger partial charge in [-0.2, -0.15) is 0 Å². The summed E-state index contributed by atoms with van der Waals surface area (Å²) in [6.45, 7) is 0. The van der Waals surface area contributed by atoms with Crippen molar-refractivity contribution < 1.29 is 9.53 Å². The third kappa shape index (κ3) is 4.72. The zero-order valence-corrected chi connectivity index (χ0v) is 16.6. The molecule has 0 fully saturated rings. The Morgan fingerprint density at radius 3 is 2.32 bits per heavy atom. The van der Waals surface area contributed by atoms with Gasteiger partial charge < -0.3 is 20.3 Å². The van der Waals surface area contributed by atoms with E-state index in [4.69, 9.17) is 16.3 Å². The molecule has 0 atom stereocenters. The maximum Gasteiger partial charge on any atom is 0.257 e. The monoisotopic (exact) mass is 396 g/mol. The topological polar surface area (TPSA) is 66.5 Å². The van der Waals surface area contributed by atoms with E-state index < -0.39 is 0 Å². The van der Waals surface area contributed by atoms with Crippen molar-refractivity contribution in [3.8, 4) is 5.75 Å². The minimum atomic E-state index is -0.268. The lowest BCUT2D eigenvalue weighted by Gasteiger charge is -2.13. The number of pyridine rings is 1. The van der Waals surface area contributed by atoms with E-state index in [0.717, 1.165) is 11.4 Å². The van der Waals surface area contributed by atoms with Crippen molar-refractivity contribution in [3.63, 3.8) is 0 Å². The molecule has 0 saturated heterocycles. The normalized spacial score (nSPS) is 10.3. The van der Waals surface area contributed by atoms with Crippen LogP contribution in [0.2, 0.25) is 5.02 Å². The zero-order valence-electron chi connectivity index (χ0n) is 15.9. The molecule has 28 heavy (non-hydrogen) atoms. The predicted molar refractivity (Wildman–Crippen MR) is 114 cm³/mol. The number of hydrogen-bond donors (Lipinski definition) is 2. The van der Waals surface area contributed by atoms with Crippen LogP contribution in [0.15, 0.2) is 60.8 Å². The number of rotatable bonds is 6. The molecule has 2 N–H and O–H groups in total. The van der Waals surface area contributed by atoms with Gasteiger partial charge in [-0.25, -0.2) is 4.98 Å². The second-order valence-corrected chi connectivity index (χ2v) is 6.71. The van der Waals surface area contributed by atoms with Gasteiger partial charge in [0.1, 0.15) is 11.6 Å². The number of methoxy groups -OCH3 is 1. The Kier molecular flexibility index (Phi) is 6.01. The number of carbonyl (C=O) groups excluding carboxylic acids is 1. The Morgan fingerprint density at radius 2 is 1.75 bits per heavy atom. The molecule has 0 aliphatic rings.